The average Bonchev–Trinajstić information content (AvgIpc) is 3.21. The first kappa shape index (κ1) is 21.9. The van der Waals surface area contributed by atoms with E-state index in [2.05, 4.69) is 6.58 Å². The number of carbonyl (C=O) groups is 1. The molecular weight excluding hydrogens is 396 g/mol. The van der Waals surface area contributed by atoms with Crippen LogP contribution in [0.2, 0.25) is 0 Å². The lowest BCUT2D eigenvalue weighted by Crippen LogP contribution is -2.62. The molecule has 0 spiro atoms. The minimum absolute atomic E-state index is 0.202. The molecule has 9 nitrogen and oxygen atoms in total. The maximum Gasteiger partial charge on any atom is 0.309 e. The molecular formula is C21H30O9. The number of esters is 1. The van der Waals surface area contributed by atoms with E-state index < -0.39 is 55.6 Å². The van der Waals surface area contributed by atoms with Gasteiger partial charge in [0.25, 0.3) is 0 Å². The summed E-state index contributed by atoms with van der Waals surface area (Å²) in [5, 5.41) is 50.4. The number of aliphatic hydroxyl groups excluding tert-OH is 5. The number of aliphatic hydroxyl groups is 5. The van der Waals surface area contributed by atoms with Crippen molar-refractivity contribution in [2.75, 3.05) is 13.2 Å². The average molecular weight is 426 g/mol. The first-order chi connectivity index (χ1) is 14.2. The van der Waals surface area contributed by atoms with Crippen LogP contribution in [0.3, 0.4) is 0 Å². The van der Waals surface area contributed by atoms with Gasteiger partial charge in [0.1, 0.15) is 36.1 Å². The summed E-state index contributed by atoms with van der Waals surface area (Å²) in [6, 6.07) is 0. The van der Waals surface area contributed by atoms with Crippen molar-refractivity contribution in [2.45, 2.75) is 62.2 Å². The third-order valence-corrected chi connectivity index (χ3v) is 7.28. The van der Waals surface area contributed by atoms with Crippen LogP contribution in [-0.2, 0) is 19.0 Å². The predicted molar refractivity (Wildman–Crippen MR) is 102 cm³/mol. The van der Waals surface area contributed by atoms with Gasteiger partial charge in [0, 0.05) is 17.8 Å². The molecule has 0 unspecified atom stereocenters. The van der Waals surface area contributed by atoms with Gasteiger partial charge in [-0.05, 0) is 12.8 Å². The normalized spacial score (nSPS) is 50.7. The Morgan fingerprint density at radius 3 is 2.63 bits per heavy atom. The first-order valence-electron chi connectivity index (χ1n) is 10.4. The summed E-state index contributed by atoms with van der Waals surface area (Å²) in [5.74, 6) is -1.35. The van der Waals surface area contributed by atoms with Crippen molar-refractivity contribution in [3.63, 3.8) is 0 Å². The Labute approximate surface area is 174 Å². The Kier molecular flexibility index (Phi) is 5.82. The Hall–Kier alpha value is -1.33. The summed E-state index contributed by atoms with van der Waals surface area (Å²) >= 11 is 0. The molecule has 5 N–H and O–H groups in total. The molecule has 11 atom stereocenters. The Morgan fingerprint density at radius 2 is 1.97 bits per heavy atom. The van der Waals surface area contributed by atoms with Crippen molar-refractivity contribution < 1.29 is 44.5 Å². The molecule has 2 aliphatic carbocycles. The van der Waals surface area contributed by atoms with E-state index in [0.29, 0.717) is 12.8 Å². The molecule has 4 rings (SSSR count). The summed E-state index contributed by atoms with van der Waals surface area (Å²) in [6.07, 6.45) is -2.76. The highest BCUT2D eigenvalue weighted by molar-refractivity contribution is 5.75. The standard InChI is InChI=1S/C21H30O9/c1-9-3-4-12-14(9)18-11(10(2)19(27)29-18)5-6-21(12,8-23)30-20-17(26)16(25)15(24)13(7-22)28-20/h5-6,10-18,20,22-26H,1,3-4,7-8H2,2H3/t10-,11-,12+,13+,14-,15+,16-,17+,18-,20-,21+/m0/s1. The van der Waals surface area contributed by atoms with Crippen LogP contribution in [0.4, 0.5) is 0 Å². The number of fused-ring (bicyclic) bond motifs is 3. The smallest absolute Gasteiger partial charge is 0.309 e. The van der Waals surface area contributed by atoms with Gasteiger partial charge in [-0.3, -0.25) is 4.79 Å². The molecule has 2 saturated heterocycles. The molecule has 2 aliphatic heterocycles. The second-order valence-corrected chi connectivity index (χ2v) is 8.88. The van der Waals surface area contributed by atoms with Gasteiger partial charge in [0.05, 0.1) is 19.1 Å². The van der Waals surface area contributed by atoms with E-state index in [4.69, 9.17) is 14.2 Å². The van der Waals surface area contributed by atoms with E-state index in [1.54, 1.807) is 13.0 Å². The van der Waals surface area contributed by atoms with Crippen molar-refractivity contribution >= 4 is 5.97 Å². The van der Waals surface area contributed by atoms with Crippen LogP contribution in [-0.4, -0.2) is 87.1 Å². The fourth-order valence-corrected chi connectivity index (χ4v) is 5.44. The van der Waals surface area contributed by atoms with Crippen LogP contribution in [0, 0.1) is 23.7 Å². The summed E-state index contributed by atoms with van der Waals surface area (Å²) in [7, 11) is 0. The monoisotopic (exact) mass is 426 g/mol. The van der Waals surface area contributed by atoms with Crippen molar-refractivity contribution in [3.05, 3.63) is 24.3 Å². The van der Waals surface area contributed by atoms with Crippen molar-refractivity contribution in [1.29, 1.82) is 0 Å². The largest absolute Gasteiger partial charge is 0.461 e. The van der Waals surface area contributed by atoms with Gasteiger partial charge in [-0.25, -0.2) is 0 Å². The highest BCUT2D eigenvalue weighted by Crippen LogP contribution is 2.53. The zero-order valence-corrected chi connectivity index (χ0v) is 16.8. The van der Waals surface area contributed by atoms with Crippen LogP contribution in [0.15, 0.2) is 24.3 Å². The molecule has 3 fully saturated rings. The maximum absolute atomic E-state index is 12.2. The highest BCUT2D eigenvalue weighted by Gasteiger charge is 2.58. The van der Waals surface area contributed by atoms with Gasteiger partial charge < -0.3 is 39.7 Å². The van der Waals surface area contributed by atoms with E-state index in [1.165, 1.54) is 0 Å². The fourth-order valence-electron chi connectivity index (χ4n) is 5.44. The second-order valence-electron chi connectivity index (χ2n) is 8.88. The number of carbonyl (C=O) groups excluding carboxylic acids is 1. The molecule has 4 aliphatic rings. The summed E-state index contributed by atoms with van der Waals surface area (Å²) in [4.78, 5) is 12.2. The zero-order chi connectivity index (χ0) is 21.8. The van der Waals surface area contributed by atoms with Gasteiger partial charge >= 0.3 is 5.97 Å². The molecule has 9 heteroatoms. The van der Waals surface area contributed by atoms with E-state index in [1.807, 2.05) is 6.08 Å². The number of hydrogen-bond acceptors (Lipinski definition) is 9. The molecule has 0 bridgehead atoms. The number of hydrogen-bond donors (Lipinski definition) is 5. The first-order valence-corrected chi connectivity index (χ1v) is 10.4. The van der Waals surface area contributed by atoms with E-state index in [9.17, 15) is 30.3 Å². The topological polar surface area (TPSA) is 146 Å². The molecule has 0 aromatic rings. The molecule has 2 heterocycles. The zero-order valence-electron chi connectivity index (χ0n) is 16.8. The van der Waals surface area contributed by atoms with Crippen LogP contribution in [0.5, 0.6) is 0 Å². The van der Waals surface area contributed by atoms with Gasteiger partial charge in [0.2, 0.25) is 0 Å². The lowest BCUT2D eigenvalue weighted by Gasteiger charge is -2.45. The van der Waals surface area contributed by atoms with E-state index >= 15 is 0 Å². The van der Waals surface area contributed by atoms with Gasteiger partial charge in [-0.2, -0.15) is 0 Å². The molecule has 1 saturated carbocycles. The molecule has 0 aromatic heterocycles. The third-order valence-electron chi connectivity index (χ3n) is 7.28. The molecule has 168 valence electrons. The maximum atomic E-state index is 12.2. The van der Waals surface area contributed by atoms with Crippen LogP contribution >= 0.6 is 0 Å². The quantitative estimate of drug-likeness (QED) is 0.278. The molecule has 0 aromatic carbocycles. The Bertz CT molecular complexity index is 721. The van der Waals surface area contributed by atoms with E-state index in [-0.39, 0.29) is 29.6 Å². The van der Waals surface area contributed by atoms with Crippen LogP contribution in [0.25, 0.3) is 0 Å². The van der Waals surface area contributed by atoms with Gasteiger partial charge in [0.15, 0.2) is 6.29 Å². The molecule has 0 amide bonds. The minimum atomic E-state index is -1.58. The SMILES string of the molecule is C=C1CC[C@@H]2[C@H]1[C@H]1OC(=O)[C@@H](C)[C@@H]1C=C[C@]2(CO)O[C@@H]1O[C@H](CO)[C@@H](O)[C@H](O)[C@H]1O. The number of rotatable bonds is 4. The summed E-state index contributed by atoms with van der Waals surface area (Å²) in [6.45, 7) is 4.94. The highest BCUT2D eigenvalue weighted by atomic mass is 16.7. The molecule has 0 radical (unpaired) electrons. The van der Waals surface area contributed by atoms with Gasteiger partial charge in [-0.15, -0.1) is 0 Å². The van der Waals surface area contributed by atoms with Crippen molar-refractivity contribution in [3.8, 4) is 0 Å². The third kappa shape index (κ3) is 3.24. The second kappa shape index (κ2) is 7.98. The fraction of sp³-hybridized carbons (Fsp3) is 0.762. The van der Waals surface area contributed by atoms with Crippen molar-refractivity contribution in [1.82, 2.24) is 0 Å². The predicted octanol–water partition coefficient (Wildman–Crippen LogP) is -1.14. The molecule has 30 heavy (non-hydrogen) atoms. The minimum Gasteiger partial charge on any atom is -0.461 e. The number of ether oxygens (including phenoxy) is 3. The van der Waals surface area contributed by atoms with Gasteiger partial charge in [-0.1, -0.05) is 31.2 Å². The summed E-state index contributed by atoms with van der Waals surface area (Å²) < 4.78 is 17.3. The lowest BCUT2D eigenvalue weighted by atomic mass is 9.76. The Balaban J connectivity index is 1.68. The van der Waals surface area contributed by atoms with Crippen LogP contribution < -0.4 is 0 Å². The Morgan fingerprint density at radius 1 is 1.23 bits per heavy atom. The lowest BCUT2D eigenvalue weighted by molar-refractivity contribution is -0.330. The van der Waals surface area contributed by atoms with Crippen LogP contribution in [0.1, 0.15) is 19.8 Å². The van der Waals surface area contributed by atoms with Crippen molar-refractivity contribution in [2.24, 2.45) is 23.7 Å². The van der Waals surface area contributed by atoms with E-state index in [0.717, 1.165) is 5.57 Å². The summed E-state index contributed by atoms with van der Waals surface area (Å²) in [5.41, 5.74) is -0.371.